The molecule has 1 N–H and O–H groups in total. The van der Waals surface area contributed by atoms with Crippen LogP contribution in [0.4, 0.5) is 0 Å². The van der Waals surface area contributed by atoms with E-state index in [9.17, 15) is 4.79 Å². The van der Waals surface area contributed by atoms with Gasteiger partial charge in [-0.15, -0.1) is 11.3 Å². The molecule has 0 amide bonds. The standard InChI is InChI=1S/C14H8ClNO3S/c15-10-3-1-2-8(4-10)13-16-11(7-20-13)12-5-9(6-19-12)14(17)18/h1-7H,(H,17,18). The average Bonchev–Trinajstić information content (AvgIpc) is 3.08. The SMILES string of the molecule is O=C(O)c1coc(-c2csc(-c3cccc(Cl)c3)n2)c1. The molecule has 2 heterocycles. The van der Waals surface area contributed by atoms with Crippen molar-refractivity contribution < 1.29 is 14.3 Å². The van der Waals surface area contributed by atoms with Crippen molar-refractivity contribution in [3.8, 4) is 22.0 Å². The van der Waals surface area contributed by atoms with Crippen LogP contribution in [0.1, 0.15) is 10.4 Å². The number of hydrogen-bond donors (Lipinski definition) is 1. The van der Waals surface area contributed by atoms with Crippen LogP contribution in [0.25, 0.3) is 22.0 Å². The maximum Gasteiger partial charge on any atom is 0.338 e. The summed E-state index contributed by atoms with van der Waals surface area (Å²) in [5.41, 5.74) is 1.63. The number of nitrogens with zero attached hydrogens (tertiary/aromatic N) is 1. The minimum absolute atomic E-state index is 0.109. The highest BCUT2D eigenvalue weighted by Gasteiger charge is 2.13. The molecule has 0 saturated carbocycles. The molecule has 1 aromatic carbocycles. The van der Waals surface area contributed by atoms with Crippen LogP contribution in [-0.4, -0.2) is 16.1 Å². The van der Waals surface area contributed by atoms with Crippen LogP contribution < -0.4 is 0 Å². The lowest BCUT2D eigenvalue weighted by molar-refractivity contribution is 0.0696. The lowest BCUT2D eigenvalue weighted by atomic mass is 10.2. The van der Waals surface area contributed by atoms with Crippen molar-refractivity contribution in [2.75, 3.05) is 0 Å². The zero-order valence-electron chi connectivity index (χ0n) is 10.0. The average molecular weight is 306 g/mol. The summed E-state index contributed by atoms with van der Waals surface area (Å²) in [7, 11) is 0. The van der Waals surface area contributed by atoms with Gasteiger partial charge in [-0.25, -0.2) is 9.78 Å². The first-order valence-corrected chi connectivity index (χ1v) is 6.93. The summed E-state index contributed by atoms with van der Waals surface area (Å²) in [6.07, 6.45) is 1.20. The van der Waals surface area contributed by atoms with E-state index in [1.165, 1.54) is 23.7 Å². The lowest BCUT2D eigenvalue weighted by Crippen LogP contribution is -1.91. The molecular formula is C14H8ClNO3S. The number of carboxylic acid groups (broad SMARTS) is 1. The van der Waals surface area contributed by atoms with Crippen molar-refractivity contribution in [1.29, 1.82) is 0 Å². The molecule has 100 valence electrons. The summed E-state index contributed by atoms with van der Waals surface area (Å²) in [4.78, 5) is 15.3. The Hall–Kier alpha value is -2.11. The van der Waals surface area contributed by atoms with Gasteiger partial charge in [0.1, 0.15) is 17.0 Å². The number of rotatable bonds is 3. The minimum Gasteiger partial charge on any atom is -0.478 e. The topological polar surface area (TPSA) is 63.3 Å². The first-order chi connectivity index (χ1) is 9.63. The molecule has 0 aliphatic heterocycles. The molecule has 6 heteroatoms. The van der Waals surface area contributed by atoms with Crippen LogP contribution in [-0.2, 0) is 0 Å². The second-order valence-corrected chi connectivity index (χ2v) is 5.35. The fourth-order valence-electron chi connectivity index (χ4n) is 1.72. The molecule has 4 nitrogen and oxygen atoms in total. The molecule has 3 rings (SSSR count). The number of halogens is 1. The van der Waals surface area contributed by atoms with E-state index in [4.69, 9.17) is 21.1 Å². The van der Waals surface area contributed by atoms with Crippen LogP contribution in [0.5, 0.6) is 0 Å². The highest BCUT2D eigenvalue weighted by molar-refractivity contribution is 7.13. The normalized spacial score (nSPS) is 10.7. The van der Waals surface area contributed by atoms with Gasteiger partial charge in [0.25, 0.3) is 0 Å². The number of hydrogen-bond acceptors (Lipinski definition) is 4. The number of aromatic nitrogens is 1. The second kappa shape index (κ2) is 5.11. The van der Waals surface area contributed by atoms with Crippen LogP contribution in [0.15, 0.2) is 46.4 Å². The minimum atomic E-state index is -1.02. The summed E-state index contributed by atoms with van der Waals surface area (Å²) in [5.74, 6) is -0.586. The Bertz CT molecular complexity index is 778. The van der Waals surface area contributed by atoms with Crippen molar-refractivity contribution in [3.63, 3.8) is 0 Å². The highest BCUT2D eigenvalue weighted by atomic mass is 35.5. The van der Waals surface area contributed by atoms with Crippen LogP contribution >= 0.6 is 22.9 Å². The monoisotopic (exact) mass is 305 g/mol. The molecule has 0 aliphatic rings. The molecule has 0 spiro atoms. The first kappa shape index (κ1) is 12.9. The van der Waals surface area contributed by atoms with Gasteiger partial charge in [0.15, 0.2) is 5.76 Å². The van der Waals surface area contributed by atoms with Crippen molar-refractivity contribution in [3.05, 3.63) is 52.6 Å². The van der Waals surface area contributed by atoms with E-state index >= 15 is 0 Å². The molecule has 0 aliphatic carbocycles. The van der Waals surface area contributed by atoms with Gasteiger partial charge in [-0.1, -0.05) is 23.7 Å². The molecule has 3 aromatic rings. The van der Waals surface area contributed by atoms with Gasteiger partial charge in [0.05, 0.1) is 5.56 Å². The second-order valence-electron chi connectivity index (χ2n) is 4.05. The third-order valence-electron chi connectivity index (χ3n) is 2.67. The third kappa shape index (κ3) is 2.45. The number of thiazole rings is 1. The van der Waals surface area contributed by atoms with Gasteiger partial charge in [-0.2, -0.15) is 0 Å². The molecule has 20 heavy (non-hydrogen) atoms. The lowest BCUT2D eigenvalue weighted by Gasteiger charge is -1.96. The Kier molecular flexibility index (Phi) is 3.30. The van der Waals surface area contributed by atoms with Crippen molar-refractivity contribution in [2.24, 2.45) is 0 Å². The van der Waals surface area contributed by atoms with Gasteiger partial charge >= 0.3 is 5.97 Å². The Morgan fingerprint density at radius 3 is 2.90 bits per heavy atom. The molecule has 0 radical (unpaired) electrons. The molecule has 0 bridgehead atoms. The summed E-state index contributed by atoms with van der Waals surface area (Å²) in [6, 6.07) is 8.85. The quantitative estimate of drug-likeness (QED) is 0.778. The fraction of sp³-hybridized carbons (Fsp3) is 0. The fourth-order valence-corrected chi connectivity index (χ4v) is 2.72. The molecular weight excluding hydrogens is 298 g/mol. The molecule has 0 fully saturated rings. The molecule has 0 atom stereocenters. The van der Waals surface area contributed by atoms with E-state index in [1.54, 1.807) is 6.07 Å². The van der Waals surface area contributed by atoms with E-state index < -0.39 is 5.97 Å². The van der Waals surface area contributed by atoms with E-state index in [-0.39, 0.29) is 5.56 Å². The predicted octanol–water partition coefficient (Wildman–Crippen LogP) is 4.42. The van der Waals surface area contributed by atoms with Gasteiger partial charge in [0, 0.05) is 22.0 Å². The van der Waals surface area contributed by atoms with Crippen molar-refractivity contribution in [1.82, 2.24) is 4.98 Å². The smallest absolute Gasteiger partial charge is 0.338 e. The van der Waals surface area contributed by atoms with Crippen molar-refractivity contribution >= 4 is 28.9 Å². The predicted molar refractivity (Wildman–Crippen MR) is 77.2 cm³/mol. The van der Waals surface area contributed by atoms with Gasteiger partial charge in [0.2, 0.25) is 0 Å². The maximum atomic E-state index is 10.8. The Balaban J connectivity index is 1.95. The van der Waals surface area contributed by atoms with Gasteiger partial charge in [-0.3, -0.25) is 0 Å². The Morgan fingerprint density at radius 1 is 1.35 bits per heavy atom. The Morgan fingerprint density at radius 2 is 2.20 bits per heavy atom. The number of furan rings is 1. The Labute approximate surface area is 123 Å². The summed E-state index contributed by atoms with van der Waals surface area (Å²) >= 11 is 7.40. The van der Waals surface area contributed by atoms with E-state index in [1.807, 2.05) is 23.6 Å². The summed E-state index contributed by atoms with van der Waals surface area (Å²) in [6.45, 7) is 0. The number of benzene rings is 1. The molecule has 0 unspecified atom stereocenters. The number of aromatic carboxylic acids is 1. The summed E-state index contributed by atoms with van der Waals surface area (Å²) < 4.78 is 5.22. The van der Waals surface area contributed by atoms with Gasteiger partial charge < -0.3 is 9.52 Å². The molecule has 2 aromatic heterocycles. The van der Waals surface area contributed by atoms with Crippen LogP contribution in [0.3, 0.4) is 0 Å². The third-order valence-corrected chi connectivity index (χ3v) is 3.80. The zero-order valence-corrected chi connectivity index (χ0v) is 11.6. The van der Waals surface area contributed by atoms with E-state index in [2.05, 4.69) is 4.98 Å². The van der Waals surface area contributed by atoms with Gasteiger partial charge in [-0.05, 0) is 12.1 Å². The maximum absolute atomic E-state index is 10.8. The highest BCUT2D eigenvalue weighted by Crippen LogP contribution is 2.30. The summed E-state index contributed by atoms with van der Waals surface area (Å²) in [5, 5.41) is 12.1. The first-order valence-electron chi connectivity index (χ1n) is 5.67. The van der Waals surface area contributed by atoms with E-state index in [0.717, 1.165) is 10.6 Å². The van der Waals surface area contributed by atoms with Crippen molar-refractivity contribution in [2.45, 2.75) is 0 Å². The zero-order chi connectivity index (χ0) is 14.1. The molecule has 0 saturated heterocycles. The largest absolute Gasteiger partial charge is 0.478 e. The van der Waals surface area contributed by atoms with Crippen LogP contribution in [0, 0.1) is 0 Å². The number of carboxylic acids is 1. The van der Waals surface area contributed by atoms with E-state index in [0.29, 0.717) is 16.5 Å². The number of carbonyl (C=O) groups is 1. The van der Waals surface area contributed by atoms with Crippen LogP contribution in [0.2, 0.25) is 5.02 Å².